The standard InChI is InChI=1S/C15H18N2/c1-2-15-16-8-9-17(15)11-12-6-7-13-4-3-5-14(13)10-12/h6-10H,2-5,11H2,1H3. The van der Waals surface area contributed by atoms with Gasteiger partial charge in [-0.2, -0.15) is 0 Å². The Morgan fingerprint density at radius 3 is 3.00 bits per heavy atom. The van der Waals surface area contributed by atoms with Crippen molar-refractivity contribution in [1.82, 2.24) is 9.55 Å². The van der Waals surface area contributed by atoms with Crippen molar-refractivity contribution in [1.29, 1.82) is 0 Å². The first-order chi connectivity index (χ1) is 8.36. The molecule has 1 aromatic heterocycles. The highest BCUT2D eigenvalue weighted by Gasteiger charge is 2.11. The van der Waals surface area contributed by atoms with Gasteiger partial charge in [-0.1, -0.05) is 25.1 Å². The van der Waals surface area contributed by atoms with Crippen LogP contribution in [0.1, 0.15) is 35.9 Å². The number of imidazole rings is 1. The van der Waals surface area contributed by atoms with Gasteiger partial charge in [0.15, 0.2) is 0 Å². The van der Waals surface area contributed by atoms with E-state index in [0.29, 0.717) is 0 Å². The smallest absolute Gasteiger partial charge is 0.108 e. The van der Waals surface area contributed by atoms with Crippen molar-refractivity contribution in [3.8, 4) is 0 Å². The SMILES string of the molecule is CCc1nccn1Cc1ccc2c(c1)CCC2. The van der Waals surface area contributed by atoms with Crippen LogP contribution in [0.15, 0.2) is 30.6 Å². The van der Waals surface area contributed by atoms with Gasteiger partial charge in [0, 0.05) is 25.4 Å². The van der Waals surface area contributed by atoms with Gasteiger partial charge in [0.2, 0.25) is 0 Å². The lowest BCUT2D eigenvalue weighted by molar-refractivity contribution is 0.731. The van der Waals surface area contributed by atoms with E-state index >= 15 is 0 Å². The van der Waals surface area contributed by atoms with E-state index in [1.807, 2.05) is 6.20 Å². The van der Waals surface area contributed by atoms with E-state index in [2.05, 4.69) is 40.9 Å². The Kier molecular flexibility index (Phi) is 2.71. The number of benzene rings is 1. The van der Waals surface area contributed by atoms with Gasteiger partial charge in [0.1, 0.15) is 5.82 Å². The number of nitrogens with zero attached hydrogens (tertiary/aromatic N) is 2. The van der Waals surface area contributed by atoms with Crippen molar-refractivity contribution in [2.24, 2.45) is 0 Å². The molecule has 3 rings (SSSR count). The van der Waals surface area contributed by atoms with Crippen LogP contribution >= 0.6 is 0 Å². The van der Waals surface area contributed by atoms with Crippen LogP contribution in [0.2, 0.25) is 0 Å². The molecule has 0 bridgehead atoms. The Bertz CT molecular complexity index is 525. The first-order valence-corrected chi connectivity index (χ1v) is 6.47. The Labute approximate surface area is 102 Å². The minimum absolute atomic E-state index is 0.955. The van der Waals surface area contributed by atoms with Crippen molar-refractivity contribution < 1.29 is 0 Å². The van der Waals surface area contributed by atoms with Crippen molar-refractivity contribution in [3.63, 3.8) is 0 Å². The summed E-state index contributed by atoms with van der Waals surface area (Å²) in [4.78, 5) is 4.37. The van der Waals surface area contributed by atoms with Gasteiger partial charge in [-0.15, -0.1) is 0 Å². The summed E-state index contributed by atoms with van der Waals surface area (Å²) in [6.45, 7) is 3.11. The van der Waals surface area contributed by atoms with Gasteiger partial charge in [-0.05, 0) is 36.0 Å². The predicted molar refractivity (Wildman–Crippen MR) is 69.2 cm³/mol. The maximum atomic E-state index is 4.37. The summed E-state index contributed by atoms with van der Waals surface area (Å²) >= 11 is 0. The number of rotatable bonds is 3. The molecule has 0 radical (unpaired) electrons. The quantitative estimate of drug-likeness (QED) is 0.786. The topological polar surface area (TPSA) is 17.8 Å². The minimum atomic E-state index is 0.955. The van der Waals surface area contributed by atoms with E-state index in [0.717, 1.165) is 13.0 Å². The Morgan fingerprint density at radius 2 is 2.12 bits per heavy atom. The molecule has 2 heteroatoms. The fourth-order valence-electron chi connectivity index (χ4n) is 2.72. The van der Waals surface area contributed by atoms with E-state index in [9.17, 15) is 0 Å². The van der Waals surface area contributed by atoms with Gasteiger partial charge in [-0.3, -0.25) is 0 Å². The van der Waals surface area contributed by atoms with E-state index in [4.69, 9.17) is 0 Å². The van der Waals surface area contributed by atoms with Crippen LogP contribution in [0, 0.1) is 0 Å². The predicted octanol–water partition coefficient (Wildman–Crippen LogP) is 2.98. The number of aromatic nitrogens is 2. The zero-order valence-electron chi connectivity index (χ0n) is 10.3. The minimum Gasteiger partial charge on any atom is -0.331 e. The summed E-state index contributed by atoms with van der Waals surface area (Å²) in [5, 5.41) is 0. The van der Waals surface area contributed by atoms with Crippen LogP contribution in [0.4, 0.5) is 0 Å². The zero-order chi connectivity index (χ0) is 11.7. The molecule has 2 aromatic rings. The van der Waals surface area contributed by atoms with Crippen molar-refractivity contribution >= 4 is 0 Å². The average molecular weight is 226 g/mol. The van der Waals surface area contributed by atoms with E-state index in [1.54, 1.807) is 11.1 Å². The van der Waals surface area contributed by atoms with Crippen LogP contribution in [-0.4, -0.2) is 9.55 Å². The van der Waals surface area contributed by atoms with Gasteiger partial charge < -0.3 is 4.57 Å². The molecule has 1 aromatic carbocycles. The third kappa shape index (κ3) is 1.99. The number of hydrogen-bond donors (Lipinski definition) is 0. The lowest BCUT2D eigenvalue weighted by Crippen LogP contribution is -2.03. The third-order valence-electron chi connectivity index (χ3n) is 3.63. The van der Waals surface area contributed by atoms with Crippen LogP contribution in [0.25, 0.3) is 0 Å². The lowest BCUT2D eigenvalue weighted by Gasteiger charge is -2.08. The summed E-state index contributed by atoms with van der Waals surface area (Å²) in [6, 6.07) is 6.95. The normalized spacial score (nSPS) is 13.9. The van der Waals surface area contributed by atoms with Crippen molar-refractivity contribution in [2.75, 3.05) is 0 Å². The van der Waals surface area contributed by atoms with E-state index in [1.165, 1.54) is 30.7 Å². The summed E-state index contributed by atoms with van der Waals surface area (Å²) in [7, 11) is 0. The van der Waals surface area contributed by atoms with Crippen LogP contribution in [0.3, 0.4) is 0 Å². The molecule has 0 unspecified atom stereocenters. The number of hydrogen-bond acceptors (Lipinski definition) is 1. The highest BCUT2D eigenvalue weighted by atomic mass is 15.1. The fourth-order valence-corrected chi connectivity index (χ4v) is 2.72. The molecule has 2 nitrogen and oxygen atoms in total. The molecular weight excluding hydrogens is 208 g/mol. The highest BCUT2D eigenvalue weighted by Crippen LogP contribution is 2.23. The molecule has 0 fully saturated rings. The van der Waals surface area contributed by atoms with Crippen LogP contribution < -0.4 is 0 Å². The molecular formula is C15H18N2. The Balaban J connectivity index is 1.86. The van der Waals surface area contributed by atoms with E-state index < -0.39 is 0 Å². The molecule has 0 spiro atoms. The van der Waals surface area contributed by atoms with E-state index in [-0.39, 0.29) is 0 Å². The van der Waals surface area contributed by atoms with Gasteiger partial charge in [0.05, 0.1) is 0 Å². The molecule has 1 aliphatic carbocycles. The fraction of sp³-hybridized carbons (Fsp3) is 0.400. The molecule has 0 atom stereocenters. The third-order valence-corrected chi connectivity index (χ3v) is 3.63. The second kappa shape index (κ2) is 4.36. The molecule has 17 heavy (non-hydrogen) atoms. The Hall–Kier alpha value is -1.57. The van der Waals surface area contributed by atoms with Crippen molar-refractivity contribution in [2.45, 2.75) is 39.2 Å². The summed E-state index contributed by atoms with van der Waals surface area (Å²) in [5.41, 5.74) is 4.51. The van der Waals surface area contributed by atoms with Gasteiger partial charge >= 0.3 is 0 Å². The highest BCUT2D eigenvalue weighted by molar-refractivity contribution is 5.35. The number of aryl methyl sites for hydroxylation is 3. The summed E-state index contributed by atoms with van der Waals surface area (Å²) in [6.07, 6.45) is 8.81. The molecule has 0 saturated carbocycles. The summed E-state index contributed by atoms with van der Waals surface area (Å²) < 4.78 is 2.25. The molecule has 0 N–H and O–H groups in total. The second-order valence-corrected chi connectivity index (χ2v) is 4.78. The molecule has 0 aliphatic heterocycles. The largest absolute Gasteiger partial charge is 0.331 e. The maximum Gasteiger partial charge on any atom is 0.108 e. The first kappa shape index (κ1) is 10.6. The second-order valence-electron chi connectivity index (χ2n) is 4.78. The monoisotopic (exact) mass is 226 g/mol. The maximum absolute atomic E-state index is 4.37. The van der Waals surface area contributed by atoms with Crippen LogP contribution in [0.5, 0.6) is 0 Å². The lowest BCUT2D eigenvalue weighted by atomic mass is 10.1. The van der Waals surface area contributed by atoms with Gasteiger partial charge in [0.25, 0.3) is 0 Å². The van der Waals surface area contributed by atoms with Gasteiger partial charge in [-0.25, -0.2) is 4.98 Å². The first-order valence-electron chi connectivity index (χ1n) is 6.47. The molecule has 0 amide bonds. The molecule has 0 saturated heterocycles. The molecule has 1 aliphatic rings. The summed E-state index contributed by atoms with van der Waals surface area (Å²) in [5.74, 6) is 1.17. The average Bonchev–Trinajstić information content (AvgIpc) is 2.96. The van der Waals surface area contributed by atoms with Crippen molar-refractivity contribution in [3.05, 3.63) is 53.1 Å². The Morgan fingerprint density at radius 1 is 1.24 bits per heavy atom. The molecule has 88 valence electrons. The molecule has 1 heterocycles. The number of fused-ring (bicyclic) bond motifs is 1. The van der Waals surface area contributed by atoms with Crippen LogP contribution in [-0.2, 0) is 25.8 Å². The zero-order valence-corrected chi connectivity index (χ0v) is 10.3.